The van der Waals surface area contributed by atoms with Gasteiger partial charge in [-0.25, -0.2) is 4.98 Å². The summed E-state index contributed by atoms with van der Waals surface area (Å²) in [5.41, 5.74) is 2.58. The Balaban J connectivity index is 1.52. The lowest BCUT2D eigenvalue weighted by molar-refractivity contribution is -0.122. The van der Waals surface area contributed by atoms with Gasteiger partial charge in [0.05, 0.1) is 11.4 Å². The number of nitrogens with one attached hydrogen (secondary N) is 1. The van der Waals surface area contributed by atoms with Crippen LogP contribution >= 0.6 is 0 Å². The van der Waals surface area contributed by atoms with Crippen molar-refractivity contribution < 1.29 is 9.53 Å². The van der Waals surface area contributed by atoms with Crippen molar-refractivity contribution in [3.63, 3.8) is 0 Å². The van der Waals surface area contributed by atoms with Crippen LogP contribution in [0.1, 0.15) is 25.6 Å². The molecule has 0 radical (unpaired) electrons. The van der Waals surface area contributed by atoms with Gasteiger partial charge in [0.25, 0.3) is 5.91 Å². The molecule has 1 aliphatic heterocycles. The van der Waals surface area contributed by atoms with E-state index in [1.807, 2.05) is 54.6 Å². The average Bonchev–Trinajstić information content (AvgIpc) is 3.13. The molecule has 1 atom stereocenters. The van der Waals surface area contributed by atoms with Crippen LogP contribution in [0.5, 0.6) is 5.75 Å². The zero-order chi connectivity index (χ0) is 18.6. The fourth-order valence-corrected chi connectivity index (χ4v) is 3.35. The number of ether oxygens (including phenoxy) is 1. The zero-order valence-corrected chi connectivity index (χ0v) is 15.4. The SMILES string of the molecule is CC(Oc1ccccc1)C(=O)Nc1ccccc1-c1cn2c(n1)CCCC2. The second kappa shape index (κ2) is 7.66. The third-order valence-electron chi connectivity index (χ3n) is 4.79. The molecule has 0 spiro atoms. The lowest BCUT2D eigenvalue weighted by atomic mass is 10.1. The minimum absolute atomic E-state index is 0.185. The maximum absolute atomic E-state index is 12.6. The number of imidazole rings is 1. The van der Waals surface area contributed by atoms with Crippen LogP contribution in [0, 0.1) is 0 Å². The predicted octanol–water partition coefficient (Wildman–Crippen LogP) is 4.29. The number of aromatic nitrogens is 2. The van der Waals surface area contributed by atoms with Crippen molar-refractivity contribution in [2.75, 3.05) is 5.32 Å². The lowest BCUT2D eigenvalue weighted by Gasteiger charge is -2.16. The molecule has 2 aromatic carbocycles. The second-order valence-electron chi connectivity index (χ2n) is 6.80. The Morgan fingerprint density at radius 3 is 2.70 bits per heavy atom. The molecule has 1 aliphatic rings. The number of hydrogen-bond donors (Lipinski definition) is 1. The molecule has 5 heteroatoms. The predicted molar refractivity (Wildman–Crippen MR) is 106 cm³/mol. The van der Waals surface area contributed by atoms with Crippen LogP contribution in [-0.4, -0.2) is 21.6 Å². The highest BCUT2D eigenvalue weighted by Gasteiger charge is 2.19. The highest BCUT2D eigenvalue weighted by Crippen LogP contribution is 2.29. The summed E-state index contributed by atoms with van der Waals surface area (Å²) in [6.07, 6.45) is 4.87. The largest absolute Gasteiger partial charge is 0.481 e. The number of rotatable bonds is 5. The van der Waals surface area contributed by atoms with E-state index in [0.29, 0.717) is 5.75 Å². The molecule has 0 aliphatic carbocycles. The van der Waals surface area contributed by atoms with E-state index in [4.69, 9.17) is 9.72 Å². The van der Waals surface area contributed by atoms with E-state index in [-0.39, 0.29) is 5.91 Å². The maximum atomic E-state index is 12.6. The highest BCUT2D eigenvalue weighted by atomic mass is 16.5. The van der Waals surface area contributed by atoms with Crippen LogP contribution in [0.25, 0.3) is 11.3 Å². The summed E-state index contributed by atoms with van der Waals surface area (Å²) < 4.78 is 7.95. The van der Waals surface area contributed by atoms with Crippen molar-refractivity contribution in [3.05, 3.63) is 66.6 Å². The topological polar surface area (TPSA) is 56.1 Å². The van der Waals surface area contributed by atoms with Gasteiger partial charge in [0.1, 0.15) is 11.6 Å². The van der Waals surface area contributed by atoms with Gasteiger partial charge in [0.15, 0.2) is 6.10 Å². The number of nitrogens with zero attached hydrogens (tertiary/aromatic N) is 2. The second-order valence-corrected chi connectivity index (χ2v) is 6.80. The highest BCUT2D eigenvalue weighted by molar-refractivity contribution is 5.97. The summed E-state index contributed by atoms with van der Waals surface area (Å²) in [5, 5.41) is 3.00. The summed E-state index contributed by atoms with van der Waals surface area (Å²) in [6.45, 7) is 2.76. The minimum atomic E-state index is -0.601. The monoisotopic (exact) mass is 361 g/mol. The molecule has 0 saturated carbocycles. The van der Waals surface area contributed by atoms with Crippen LogP contribution in [0.15, 0.2) is 60.8 Å². The Kier molecular flexibility index (Phi) is 4.92. The number of fused-ring (bicyclic) bond motifs is 1. The molecule has 0 fully saturated rings. The molecular formula is C22H23N3O2. The van der Waals surface area contributed by atoms with E-state index in [9.17, 15) is 4.79 Å². The number of carbonyl (C=O) groups excluding carboxylic acids is 1. The van der Waals surface area contributed by atoms with Gasteiger partial charge in [0.2, 0.25) is 0 Å². The number of anilines is 1. The maximum Gasteiger partial charge on any atom is 0.265 e. The van der Waals surface area contributed by atoms with Gasteiger partial charge in [-0.3, -0.25) is 4.79 Å². The standard InChI is InChI=1S/C22H23N3O2/c1-16(27-17-9-3-2-4-10-17)22(26)24-19-12-6-5-11-18(19)20-15-25-14-8-7-13-21(25)23-20/h2-6,9-12,15-16H,7-8,13-14H2,1H3,(H,24,26). The number of amides is 1. The first kappa shape index (κ1) is 17.3. The summed E-state index contributed by atoms with van der Waals surface area (Å²) in [4.78, 5) is 17.4. The summed E-state index contributed by atoms with van der Waals surface area (Å²) in [7, 11) is 0. The Hall–Kier alpha value is -3.08. The first-order valence-corrected chi connectivity index (χ1v) is 9.39. The van der Waals surface area contributed by atoms with Crippen LogP contribution in [-0.2, 0) is 17.8 Å². The summed E-state index contributed by atoms with van der Waals surface area (Å²) >= 11 is 0. The number of hydrogen-bond acceptors (Lipinski definition) is 3. The third kappa shape index (κ3) is 3.87. The first-order valence-electron chi connectivity index (χ1n) is 9.39. The Labute approximate surface area is 159 Å². The number of carbonyl (C=O) groups is 1. The third-order valence-corrected chi connectivity index (χ3v) is 4.79. The van der Waals surface area contributed by atoms with Gasteiger partial charge < -0.3 is 14.6 Å². The molecule has 3 aromatic rings. The molecule has 1 amide bonds. The molecule has 1 unspecified atom stereocenters. The van der Waals surface area contributed by atoms with E-state index < -0.39 is 6.10 Å². The molecule has 27 heavy (non-hydrogen) atoms. The summed E-state index contributed by atoms with van der Waals surface area (Å²) in [6, 6.07) is 17.1. The van der Waals surface area contributed by atoms with E-state index in [1.54, 1.807) is 6.92 Å². The number of aryl methyl sites for hydroxylation is 2. The summed E-state index contributed by atoms with van der Waals surface area (Å²) in [5.74, 6) is 1.61. The van der Waals surface area contributed by atoms with Crippen LogP contribution < -0.4 is 10.1 Å². The Morgan fingerprint density at radius 1 is 1.11 bits per heavy atom. The number of para-hydroxylation sites is 2. The van der Waals surface area contributed by atoms with Crippen molar-refractivity contribution in [3.8, 4) is 17.0 Å². The average molecular weight is 361 g/mol. The molecule has 1 aromatic heterocycles. The van der Waals surface area contributed by atoms with Gasteiger partial charge in [-0.05, 0) is 38.0 Å². The fourth-order valence-electron chi connectivity index (χ4n) is 3.35. The smallest absolute Gasteiger partial charge is 0.265 e. The molecule has 138 valence electrons. The number of benzene rings is 2. The fraction of sp³-hybridized carbons (Fsp3) is 0.273. The van der Waals surface area contributed by atoms with Gasteiger partial charge in [-0.15, -0.1) is 0 Å². The minimum Gasteiger partial charge on any atom is -0.481 e. The van der Waals surface area contributed by atoms with E-state index in [1.165, 1.54) is 12.8 Å². The van der Waals surface area contributed by atoms with Crippen LogP contribution in [0.4, 0.5) is 5.69 Å². The molecule has 0 saturated heterocycles. The van der Waals surface area contributed by atoms with Crippen molar-refractivity contribution in [1.29, 1.82) is 0 Å². The van der Waals surface area contributed by atoms with E-state index in [2.05, 4.69) is 16.1 Å². The van der Waals surface area contributed by atoms with Crippen molar-refractivity contribution in [2.24, 2.45) is 0 Å². The van der Waals surface area contributed by atoms with Gasteiger partial charge in [0, 0.05) is 24.7 Å². The van der Waals surface area contributed by atoms with E-state index in [0.717, 1.165) is 35.7 Å². The molecular weight excluding hydrogens is 338 g/mol. The lowest BCUT2D eigenvalue weighted by Crippen LogP contribution is -2.30. The quantitative estimate of drug-likeness (QED) is 0.737. The van der Waals surface area contributed by atoms with E-state index >= 15 is 0 Å². The van der Waals surface area contributed by atoms with Gasteiger partial charge >= 0.3 is 0 Å². The molecule has 0 bridgehead atoms. The molecule has 4 rings (SSSR count). The first-order chi connectivity index (χ1) is 13.2. The van der Waals surface area contributed by atoms with Crippen LogP contribution in [0.3, 0.4) is 0 Å². The van der Waals surface area contributed by atoms with Gasteiger partial charge in [-0.2, -0.15) is 0 Å². The van der Waals surface area contributed by atoms with Crippen molar-refractivity contribution in [1.82, 2.24) is 9.55 Å². The van der Waals surface area contributed by atoms with Crippen LogP contribution in [0.2, 0.25) is 0 Å². The Morgan fingerprint density at radius 2 is 1.89 bits per heavy atom. The normalized spacial score (nSPS) is 14.3. The zero-order valence-electron chi connectivity index (χ0n) is 15.4. The molecule has 2 heterocycles. The Bertz CT molecular complexity index is 910. The molecule has 5 nitrogen and oxygen atoms in total. The molecule has 1 N–H and O–H groups in total. The van der Waals surface area contributed by atoms with Crippen molar-refractivity contribution >= 4 is 11.6 Å². The van der Waals surface area contributed by atoms with Crippen molar-refractivity contribution in [2.45, 2.75) is 38.8 Å². The van der Waals surface area contributed by atoms with Gasteiger partial charge in [-0.1, -0.05) is 36.4 Å².